The summed E-state index contributed by atoms with van der Waals surface area (Å²) < 4.78 is 12.9. The molecule has 3 amide bonds. The van der Waals surface area contributed by atoms with Gasteiger partial charge in [0.15, 0.2) is 0 Å². The molecular weight excluding hydrogens is 309 g/mol. The molecule has 1 heterocycles. The van der Waals surface area contributed by atoms with Crippen LogP contribution < -0.4 is 10.6 Å². The van der Waals surface area contributed by atoms with Crippen LogP contribution in [0.15, 0.2) is 24.3 Å². The number of carbonyl (C=O) groups excluding carboxylic acids is 2. The van der Waals surface area contributed by atoms with E-state index < -0.39 is 6.04 Å². The van der Waals surface area contributed by atoms with Crippen LogP contribution in [-0.2, 0) is 11.3 Å². The zero-order chi connectivity index (χ0) is 17.4. The number of carbonyl (C=O) groups is 2. The van der Waals surface area contributed by atoms with E-state index in [1.165, 1.54) is 12.1 Å². The number of nitrogens with one attached hydrogen (secondary N) is 2. The molecule has 1 atom stereocenters. The van der Waals surface area contributed by atoms with Crippen molar-refractivity contribution >= 4 is 11.9 Å². The lowest BCUT2D eigenvalue weighted by molar-refractivity contribution is -0.134. The second kappa shape index (κ2) is 9.25. The van der Waals surface area contributed by atoms with E-state index in [0.717, 1.165) is 44.3 Å². The molecule has 1 unspecified atom stereocenters. The highest BCUT2D eigenvalue weighted by Gasteiger charge is 2.26. The van der Waals surface area contributed by atoms with Crippen LogP contribution in [0.2, 0.25) is 0 Å². The van der Waals surface area contributed by atoms with Crippen molar-refractivity contribution in [3.05, 3.63) is 35.6 Å². The Morgan fingerprint density at radius 1 is 1.17 bits per heavy atom. The Bertz CT molecular complexity index is 542. The van der Waals surface area contributed by atoms with E-state index in [1.807, 2.05) is 11.8 Å². The maximum Gasteiger partial charge on any atom is 0.315 e. The minimum atomic E-state index is -0.485. The van der Waals surface area contributed by atoms with Crippen LogP contribution >= 0.6 is 0 Å². The Morgan fingerprint density at radius 2 is 1.83 bits per heavy atom. The Kier molecular flexibility index (Phi) is 7.03. The van der Waals surface area contributed by atoms with Crippen LogP contribution in [0.1, 0.15) is 44.6 Å². The molecule has 132 valence electrons. The van der Waals surface area contributed by atoms with Gasteiger partial charge in [-0.2, -0.15) is 0 Å². The molecule has 0 radical (unpaired) electrons. The highest BCUT2D eigenvalue weighted by atomic mass is 19.1. The number of nitrogens with zero attached hydrogens (tertiary/aromatic N) is 1. The van der Waals surface area contributed by atoms with Crippen LogP contribution in [0, 0.1) is 5.82 Å². The smallest absolute Gasteiger partial charge is 0.315 e. The van der Waals surface area contributed by atoms with E-state index in [4.69, 9.17) is 0 Å². The van der Waals surface area contributed by atoms with Gasteiger partial charge >= 0.3 is 6.03 Å². The largest absolute Gasteiger partial charge is 0.341 e. The lowest BCUT2D eigenvalue weighted by Crippen LogP contribution is -2.52. The molecule has 1 aliphatic heterocycles. The first-order valence-electron chi connectivity index (χ1n) is 8.67. The van der Waals surface area contributed by atoms with E-state index in [0.29, 0.717) is 13.0 Å². The van der Waals surface area contributed by atoms with Crippen molar-refractivity contribution in [1.29, 1.82) is 0 Å². The van der Waals surface area contributed by atoms with Gasteiger partial charge in [-0.05, 0) is 43.4 Å². The second-order valence-electron chi connectivity index (χ2n) is 6.18. The summed E-state index contributed by atoms with van der Waals surface area (Å²) in [6.45, 7) is 3.84. The molecule has 24 heavy (non-hydrogen) atoms. The van der Waals surface area contributed by atoms with Crippen LogP contribution in [0.25, 0.3) is 0 Å². The fourth-order valence-corrected chi connectivity index (χ4v) is 2.87. The number of benzene rings is 1. The normalized spacial score (nSPS) is 15.7. The number of hydrogen-bond donors (Lipinski definition) is 2. The van der Waals surface area contributed by atoms with E-state index in [1.54, 1.807) is 12.1 Å². The van der Waals surface area contributed by atoms with Gasteiger partial charge in [0.2, 0.25) is 5.91 Å². The molecule has 1 aromatic carbocycles. The van der Waals surface area contributed by atoms with Crippen molar-refractivity contribution in [1.82, 2.24) is 15.5 Å². The van der Waals surface area contributed by atoms with Gasteiger partial charge in [0.05, 0.1) is 0 Å². The molecule has 2 rings (SSSR count). The van der Waals surface area contributed by atoms with Crippen molar-refractivity contribution in [3.8, 4) is 0 Å². The first-order valence-corrected chi connectivity index (χ1v) is 8.67. The number of urea groups is 1. The summed E-state index contributed by atoms with van der Waals surface area (Å²) in [5.41, 5.74) is 0.806. The maximum absolute atomic E-state index is 12.9. The van der Waals surface area contributed by atoms with Crippen LogP contribution in [0.4, 0.5) is 9.18 Å². The summed E-state index contributed by atoms with van der Waals surface area (Å²) in [4.78, 5) is 26.5. The first-order chi connectivity index (χ1) is 11.6. The monoisotopic (exact) mass is 335 g/mol. The molecule has 0 saturated carbocycles. The molecule has 0 bridgehead atoms. The van der Waals surface area contributed by atoms with Gasteiger partial charge in [0, 0.05) is 19.6 Å². The van der Waals surface area contributed by atoms with Crippen molar-refractivity contribution in [2.24, 2.45) is 0 Å². The van der Waals surface area contributed by atoms with Gasteiger partial charge in [-0.3, -0.25) is 4.79 Å². The molecule has 1 fully saturated rings. The third-order valence-electron chi connectivity index (χ3n) is 4.21. The van der Waals surface area contributed by atoms with Gasteiger partial charge < -0.3 is 15.5 Å². The van der Waals surface area contributed by atoms with E-state index in [-0.39, 0.29) is 17.8 Å². The minimum Gasteiger partial charge on any atom is -0.341 e. The maximum atomic E-state index is 12.9. The lowest BCUT2D eigenvalue weighted by atomic mass is 10.1. The molecule has 1 aliphatic rings. The predicted octanol–water partition coefficient (Wildman–Crippen LogP) is 2.81. The van der Waals surface area contributed by atoms with Crippen LogP contribution in [0.5, 0.6) is 0 Å². The number of hydrogen-bond acceptors (Lipinski definition) is 2. The standard InChI is InChI=1S/C18H26FN3O2/c1-2-6-16(17(23)22-11-4-3-5-12-22)21-18(24)20-13-14-7-9-15(19)10-8-14/h7-10,16H,2-6,11-13H2,1H3,(H2,20,21,24). The summed E-state index contributed by atoms with van der Waals surface area (Å²) in [5, 5.41) is 5.50. The predicted molar refractivity (Wildman–Crippen MR) is 90.9 cm³/mol. The zero-order valence-corrected chi connectivity index (χ0v) is 14.2. The van der Waals surface area contributed by atoms with Crippen molar-refractivity contribution < 1.29 is 14.0 Å². The quantitative estimate of drug-likeness (QED) is 0.840. The van der Waals surface area contributed by atoms with Gasteiger partial charge in [-0.25, -0.2) is 9.18 Å². The van der Waals surface area contributed by atoms with Gasteiger partial charge in [-0.1, -0.05) is 25.5 Å². The fraction of sp³-hybridized carbons (Fsp3) is 0.556. The molecule has 0 aliphatic carbocycles. The molecule has 6 heteroatoms. The van der Waals surface area contributed by atoms with E-state index >= 15 is 0 Å². The molecule has 5 nitrogen and oxygen atoms in total. The summed E-state index contributed by atoms with van der Waals surface area (Å²) in [6, 6.07) is 5.10. The molecule has 0 spiro atoms. The third-order valence-corrected chi connectivity index (χ3v) is 4.21. The first kappa shape index (κ1) is 18.2. The van der Waals surface area contributed by atoms with Gasteiger partial charge in [-0.15, -0.1) is 0 Å². The summed E-state index contributed by atoms with van der Waals surface area (Å²) in [5.74, 6) is -0.299. The number of likely N-dealkylation sites (tertiary alicyclic amines) is 1. The topological polar surface area (TPSA) is 61.4 Å². The Morgan fingerprint density at radius 3 is 2.46 bits per heavy atom. The average molecular weight is 335 g/mol. The summed E-state index contributed by atoms with van der Waals surface area (Å²) >= 11 is 0. The number of rotatable bonds is 6. The van der Waals surface area contributed by atoms with Crippen molar-refractivity contribution in [2.45, 2.75) is 51.6 Å². The van der Waals surface area contributed by atoms with E-state index in [9.17, 15) is 14.0 Å². The highest BCUT2D eigenvalue weighted by molar-refractivity contribution is 5.87. The third kappa shape index (κ3) is 5.51. The molecule has 1 saturated heterocycles. The van der Waals surface area contributed by atoms with Crippen molar-refractivity contribution in [2.75, 3.05) is 13.1 Å². The summed E-state index contributed by atoms with van der Waals surface area (Å²) in [7, 11) is 0. The highest BCUT2D eigenvalue weighted by Crippen LogP contribution is 2.12. The molecule has 1 aromatic rings. The zero-order valence-electron chi connectivity index (χ0n) is 14.2. The average Bonchev–Trinajstić information content (AvgIpc) is 2.61. The van der Waals surface area contributed by atoms with Crippen LogP contribution in [-0.4, -0.2) is 36.0 Å². The summed E-state index contributed by atoms with van der Waals surface area (Å²) in [6.07, 6.45) is 4.66. The fourth-order valence-electron chi connectivity index (χ4n) is 2.87. The molecule has 2 N–H and O–H groups in total. The van der Waals surface area contributed by atoms with Crippen molar-refractivity contribution in [3.63, 3.8) is 0 Å². The minimum absolute atomic E-state index is 0.00785. The van der Waals surface area contributed by atoms with Crippen LogP contribution in [0.3, 0.4) is 0 Å². The number of amides is 3. The number of halogens is 1. The van der Waals surface area contributed by atoms with Gasteiger partial charge in [0.25, 0.3) is 0 Å². The Hall–Kier alpha value is -2.11. The van der Waals surface area contributed by atoms with Gasteiger partial charge in [0.1, 0.15) is 11.9 Å². The SMILES string of the molecule is CCCC(NC(=O)NCc1ccc(F)cc1)C(=O)N1CCCCC1. The molecular formula is C18H26FN3O2. The number of piperidine rings is 1. The second-order valence-corrected chi connectivity index (χ2v) is 6.18. The Labute approximate surface area is 142 Å². The van der Waals surface area contributed by atoms with E-state index in [2.05, 4.69) is 10.6 Å². The lowest BCUT2D eigenvalue weighted by Gasteiger charge is -2.30. The Balaban J connectivity index is 1.85. The molecule has 0 aromatic heterocycles.